The predicted octanol–water partition coefficient (Wildman–Crippen LogP) is 2.08. The molecule has 1 aromatic rings. The lowest BCUT2D eigenvalue weighted by atomic mass is 10.1. The highest BCUT2D eigenvalue weighted by atomic mass is 32.1. The number of hydrogen-bond acceptors (Lipinski definition) is 7. The first-order chi connectivity index (χ1) is 12.0. The highest BCUT2D eigenvalue weighted by Crippen LogP contribution is 2.30. The number of imide groups is 1. The second-order valence-electron chi connectivity index (χ2n) is 7.09. The largest absolute Gasteiger partial charge is 0.457 e. The van der Waals surface area contributed by atoms with E-state index >= 15 is 0 Å². The molecule has 0 spiro atoms. The molecule has 0 saturated carbocycles. The van der Waals surface area contributed by atoms with Crippen LogP contribution in [0.15, 0.2) is 12.4 Å². The van der Waals surface area contributed by atoms with Gasteiger partial charge in [-0.1, -0.05) is 0 Å². The lowest BCUT2D eigenvalue weighted by molar-refractivity contribution is 0.0145. The molecule has 0 aromatic carbocycles. The second kappa shape index (κ2) is 7.48. The van der Waals surface area contributed by atoms with Crippen molar-refractivity contribution in [2.45, 2.75) is 38.5 Å². The maximum Gasteiger partial charge on any atom is 0.420 e. The first-order valence-corrected chi connectivity index (χ1v) is 8.46. The summed E-state index contributed by atoms with van der Waals surface area (Å²) in [5.74, 6) is 0.506. The standard InChI is InChI=1S/C16H24N4O5S/c1-16(2,3)25-14(22)20-10(9-23-13(20)21)11(24-15(26)18(4)5)12-17-7-8-19(12)6/h7-8,10-11H,9H2,1-6H3/t10-,11-/m0/s1. The van der Waals surface area contributed by atoms with Crippen LogP contribution in [0.2, 0.25) is 0 Å². The van der Waals surface area contributed by atoms with Crippen molar-refractivity contribution < 1.29 is 23.8 Å². The van der Waals surface area contributed by atoms with Crippen LogP contribution in [-0.4, -0.2) is 69.1 Å². The minimum absolute atomic E-state index is 0.0500. The van der Waals surface area contributed by atoms with Crippen molar-refractivity contribution >= 4 is 29.6 Å². The first kappa shape index (κ1) is 20.0. The number of ether oxygens (including phenoxy) is 3. The summed E-state index contributed by atoms with van der Waals surface area (Å²) in [6.45, 7) is 5.10. The van der Waals surface area contributed by atoms with Crippen LogP contribution in [0.3, 0.4) is 0 Å². The number of imidazole rings is 1. The van der Waals surface area contributed by atoms with E-state index in [2.05, 4.69) is 4.98 Å². The maximum atomic E-state index is 12.5. The molecule has 1 aliphatic heterocycles. The molecule has 2 heterocycles. The summed E-state index contributed by atoms with van der Waals surface area (Å²) in [7, 11) is 5.26. The van der Waals surface area contributed by atoms with Crippen molar-refractivity contribution in [2.75, 3.05) is 20.7 Å². The van der Waals surface area contributed by atoms with Gasteiger partial charge in [0, 0.05) is 33.5 Å². The third-order valence-electron chi connectivity index (χ3n) is 3.55. The van der Waals surface area contributed by atoms with Gasteiger partial charge < -0.3 is 23.7 Å². The van der Waals surface area contributed by atoms with E-state index in [0.29, 0.717) is 5.82 Å². The van der Waals surface area contributed by atoms with Crippen molar-refractivity contribution in [3.63, 3.8) is 0 Å². The van der Waals surface area contributed by atoms with Gasteiger partial charge >= 0.3 is 12.2 Å². The molecule has 1 saturated heterocycles. The number of hydrogen-bond donors (Lipinski definition) is 0. The van der Waals surface area contributed by atoms with Crippen LogP contribution in [0.1, 0.15) is 32.7 Å². The number of rotatable bonds is 3. The van der Waals surface area contributed by atoms with E-state index in [9.17, 15) is 9.59 Å². The molecule has 1 aromatic heterocycles. The van der Waals surface area contributed by atoms with E-state index in [4.69, 9.17) is 26.4 Å². The molecule has 0 radical (unpaired) electrons. The van der Waals surface area contributed by atoms with Crippen LogP contribution >= 0.6 is 12.2 Å². The van der Waals surface area contributed by atoms with Gasteiger partial charge in [0.1, 0.15) is 18.2 Å². The van der Waals surface area contributed by atoms with E-state index < -0.39 is 29.9 Å². The maximum absolute atomic E-state index is 12.5. The Morgan fingerprint density at radius 1 is 1.46 bits per heavy atom. The molecular formula is C16H24N4O5S. The van der Waals surface area contributed by atoms with Gasteiger partial charge in [-0.3, -0.25) is 0 Å². The minimum Gasteiger partial charge on any atom is -0.457 e. The summed E-state index contributed by atoms with van der Waals surface area (Å²) in [4.78, 5) is 31.5. The van der Waals surface area contributed by atoms with E-state index in [1.54, 1.807) is 63.8 Å². The number of cyclic esters (lactones) is 1. The lowest BCUT2D eigenvalue weighted by Gasteiger charge is -2.30. The van der Waals surface area contributed by atoms with Crippen LogP contribution < -0.4 is 0 Å². The Morgan fingerprint density at radius 2 is 2.12 bits per heavy atom. The van der Waals surface area contributed by atoms with Crippen LogP contribution in [0.5, 0.6) is 0 Å². The third-order valence-corrected chi connectivity index (χ3v) is 4.01. The Labute approximate surface area is 157 Å². The molecule has 0 aliphatic carbocycles. The van der Waals surface area contributed by atoms with Crippen molar-refractivity contribution in [3.05, 3.63) is 18.2 Å². The number of aromatic nitrogens is 2. The van der Waals surface area contributed by atoms with Gasteiger partial charge in [0.25, 0.3) is 5.17 Å². The molecule has 2 amide bonds. The van der Waals surface area contributed by atoms with Crippen LogP contribution in [0.25, 0.3) is 0 Å². The summed E-state index contributed by atoms with van der Waals surface area (Å²) < 4.78 is 18.0. The highest BCUT2D eigenvalue weighted by molar-refractivity contribution is 7.80. The summed E-state index contributed by atoms with van der Waals surface area (Å²) in [5.41, 5.74) is -0.761. The Hall–Kier alpha value is -2.36. The summed E-state index contributed by atoms with van der Waals surface area (Å²) in [6, 6.07) is -0.767. The topological polar surface area (TPSA) is 86.1 Å². The van der Waals surface area contributed by atoms with Gasteiger partial charge in [-0.25, -0.2) is 19.5 Å². The van der Waals surface area contributed by atoms with E-state index in [-0.39, 0.29) is 11.8 Å². The molecule has 2 rings (SSSR count). The van der Waals surface area contributed by atoms with Gasteiger partial charge in [-0.15, -0.1) is 0 Å². The molecule has 0 N–H and O–H groups in total. The average molecular weight is 384 g/mol. The van der Waals surface area contributed by atoms with Gasteiger partial charge in [0.2, 0.25) is 0 Å². The quantitative estimate of drug-likeness (QED) is 0.732. The lowest BCUT2D eigenvalue weighted by Crippen LogP contribution is -2.46. The summed E-state index contributed by atoms with van der Waals surface area (Å²) in [6.07, 6.45) is 0.940. The van der Waals surface area contributed by atoms with Crippen molar-refractivity contribution in [1.29, 1.82) is 0 Å². The number of nitrogens with zero attached hydrogens (tertiary/aromatic N) is 4. The van der Waals surface area contributed by atoms with Gasteiger partial charge in [0.15, 0.2) is 11.9 Å². The number of carbonyl (C=O) groups excluding carboxylic acids is 2. The van der Waals surface area contributed by atoms with Crippen LogP contribution in [0.4, 0.5) is 9.59 Å². The normalized spacial score (nSPS) is 18.3. The SMILES string of the molecule is CN(C)C(=S)O[C@H](c1nccn1C)[C@@H]1COC(=O)N1C(=O)OC(C)(C)C. The van der Waals surface area contributed by atoms with Gasteiger partial charge in [0.05, 0.1) is 0 Å². The Kier molecular flexibility index (Phi) is 5.74. The molecule has 0 unspecified atom stereocenters. The van der Waals surface area contributed by atoms with Crippen LogP contribution in [0, 0.1) is 0 Å². The molecule has 9 nitrogen and oxygen atoms in total. The molecule has 10 heteroatoms. The molecule has 2 atom stereocenters. The Morgan fingerprint density at radius 3 is 2.62 bits per heavy atom. The number of aryl methyl sites for hydroxylation is 1. The minimum atomic E-state index is -0.802. The van der Waals surface area contributed by atoms with Crippen molar-refractivity contribution in [3.8, 4) is 0 Å². The Balaban J connectivity index is 2.36. The second-order valence-corrected chi connectivity index (χ2v) is 7.44. The van der Waals surface area contributed by atoms with Crippen molar-refractivity contribution in [2.24, 2.45) is 7.05 Å². The zero-order chi connectivity index (χ0) is 19.6. The summed E-state index contributed by atoms with van der Waals surface area (Å²) in [5, 5.41) is 0.196. The molecule has 1 aliphatic rings. The highest BCUT2D eigenvalue weighted by Gasteiger charge is 2.47. The molecule has 0 bridgehead atoms. The molecule has 144 valence electrons. The smallest absolute Gasteiger partial charge is 0.420 e. The Bertz CT molecular complexity index is 697. The predicted molar refractivity (Wildman–Crippen MR) is 96.5 cm³/mol. The first-order valence-electron chi connectivity index (χ1n) is 8.05. The number of amides is 2. The monoisotopic (exact) mass is 384 g/mol. The zero-order valence-corrected chi connectivity index (χ0v) is 16.6. The van der Waals surface area contributed by atoms with E-state index in [0.717, 1.165) is 4.90 Å². The zero-order valence-electron chi connectivity index (χ0n) is 15.8. The fourth-order valence-electron chi connectivity index (χ4n) is 2.35. The van der Waals surface area contributed by atoms with E-state index in [1.165, 1.54) is 0 Å². The molecule has 1 fully saturated rings. The fourth-order valence-corrected chi connectivity index (χ4v) is 2.45. The van der Waals surface area contributed by atoms with E-state index in [1.807, 2.05) is 0 Å². The summed E-state index contributed by atoms with van der Waals surface area (Å²) >= 11 is 5.23. The van der Waals surface area contributed by atoms with Crippen LogP contribution in [-0.2, 0) is 21.3 Å². The number of thiocarbonyl (C=S) groups is 1. The fraction of sp³-hybridized carbons (Fsp3) is 0.625. The number of carbonyl (C=O) groups is 2. The van der Waals surface area contributed by atoms with Gasteiger partial charge in [-0.05, 0) is 33.0 Å². The molecular weight excluding hydrogens is 360 g/mol. The van der Waals surface area contributed by atoms with Crippen molar-refractivity contribution in [1.82, 2.24) is 19.4 Å². The molecule has 26 heavy (non-hydrogen) atoms. The third kappa shape index (κ3) is 4.43. The average Bonchev–Trinajstić information content (AvgIpc) is 3.08. The van der Waals surface area contributed by atoms with Gasteiger partial charge in [-0.2, -0.15) is 0 Å².